The Morgan fingerprint density at radius 3 is 1.80 bits per heavy atom. The second kappa shape index (κ2) is 8.27. The van der Waals surface area contributed by atoms with Crippen molar-refractivity contribution in [2.24, 2.45) is 0 Å². The SMILES string of the molecule is O=C(Nc1ccc(CCO)cc1)C(c1ccccc1)c1ccccc1. The molecule has 25 heavy (non-hydrogen) atoms. The lowest BCUT2D eigenvalue weighted by Crippen LogP contribution is -2.22. The molecule has 0 aromatic heterocycles. The maximum absolute atomic E-state index is 13.0. The minimum atomic E-state index is -0.362. The first-order valence-electron chi connectivity index (χ1n) is 8.38. The fourth-order valence-corrected chi connectivity index (χ4v) is 2.88. The summed E-state index contributed by atoms with van der Waals surface area (Å²) < 4.78 is 0. The van der Waals surface area contributed by atoms with Crippen LogP contribution in [0.3, 0.4) is 0 Å². The number of aliphatic hydroxyl groups is 1. The third-order valence-electron chi connectivity index (χ3n) is 4.15. The van der Waals surface area contributed by atoms with E-state index in [4.69, 9.17) is 5.11 Å². The second-order valence-electron chi connectivity index (χ2n) is 5.91. The topological polar surface area (TPSA) is 49.3 Å². The molecule has 0 saturated heterocycles. The highest BCUT2D eigenvalue weighted by atomic mass is 16.2. The van der Waals surface area contributed by atoms with Crippen LogP contribution in [0.25, 0.3) is 0 Å². The average Bonchev–Trinajstić information content (AvgIpc) is 2.66. The van der Waals surface area contributed by atoms with E-state index in [1.165, 1.54) is 0 Å². The van der Waals surface area contributed by atoms with Gasteiger partial charge < -0.3 is 10.4 Å². The van der Waals surface area contributed by atoms with Crippen LogP contribution in [0.5, 0.6) is 0 Å². The summed E-state index contributed by atoms with van der Waals surface area (Å²) in [6.07, 6.45) is 0.616. The maximum atomic E-state index is 13.0. The molecule has 3 aromatic rings. The molecule has 0 saturated carbocycles. The van der Waals surface area contributed by atoms with Gasteiger partial charge in [-0.1, -0.05) is 72.8 Å². The van der Waals surface area contributed by atoms with Gasteiger partial charge in [-0.05, 0) is 35.2 Å². The quantitative estimate of drug-likeness (QED) is 0.717. The molecule has 3 heteroatoms. The van der Waals surface area contributed by atoms with Crippen molar-refractivity contribution in [2.75, 3.05) is 11.9 Å². The Labute approximate surface area is 148 Å². The van der Waals surface area contributed by atoms with Crippen molar-refractivity contribution in [2.45, 2.75) is 12.3 Å². The smallest absolute Gasteiger partial charge is 0.236 e. The van der Waals surface area contributed by atoms with Crippen LogP contribution in [-0.2, 0) is 11.2 Å². The number of carbonyl (C=O) groups is 1. The van der Waals surface area contributed by atoms with Gasteiger partial charge in [-0.15, -0.1) is 0 Å². The van der Waals surface area contributed by atoms with Gasteiger partial charge in [0.1, 0.15) is 0 Å². The molecule has 0 unspecified atom stereocenters. The summed E-state index contributed by atoms with van der Waals surface area (Å²) >= 11 is 0. The van der Waals surface area contributed by atoms with Crippen molar-refractivity contribution in [1.82, 2.24) is 0 Å². The first kappa shape index (κ1) is 16.9. The number of benzene rings is 3. The van der Waals surface area contributed by atoms with E-state index in [1.807, 2.05) is 84.9 Å². The number of amides is 1. The highest BCUT2D eigenvalue weighted by Gasteiger charge is 2.22. The molecule has 0 aliphatic heterocycles. The molecule has 0 heterocycles. The fraction of sp³-hybridized carbons (Fsp3) is 0.136. The average molecular weight is 331 g/mol. The third-order valence-corrected chi connectivity index (χ3v) is 4.15. The number of carbonyl (C=O) groups excluding carboxylic acids is 1. The van der Waals surface area contributed by atoms with Crippen LogP contribution in [0.1, 0.15) is 22.6 Å². The standard InChI is InChI=1S/C22H21NO2/c24-16-15-17-11-13-20(14-12-17)23-22(25)21(18-7-3-1-4-8-18)19-9-5-2-6-10-19/h1-14,21,24H,15-16H2,(H,23,25). The highest BCUT2D eigenvalue weighted by molar-refractivity contribution is 5.98. The molecule has 0 aliphatic carbocycles. The van der Waals surface area contributed by atoms with Gasteiger partial charge in [0.15, 0.2) is 0 Å². The number of hydrogen-bond donors (Lipinski definition) is 2. The zero-order chi connectivity index (χ0) is 17.5. The van der Waals surface area contributed by atoms with Crippen molar-refractivity contribution >= 4 is 11.6 Å². The molecule has 0 bridgehead atoms. The summed E-state index contributed by atoms with van der Waals surface area (Å²) in [5.74, 6) is -0.424. The van der Waals surface area contributed by atoms with Crippen molar-refractivity contribution in [1.29, 1.82) is 0 Å². The van der Waals surface area contributed by atoms with Crippen molar-refractivity contribution in [3.05, 3.63) is 102 Å². The largest absolute Gasteiger partial charge is 0.396 e. The van der Waals surface area contributed by atoms with Gasteiger partial charge in [0.05, 0.1) is 5.92 Å². The Morgan fingerprint density at radius 1 is 0.800 bits per heavy atom. The predicted octanol–water partition coefficient (Wildman–Crippen LogP) is 3.99. The second-order valence-corrected chi connectivity index (χ2v) is 5.91. The van der Waals surface area contributed by atoms with Crippen LogP contribution in [-0.4, -0.2) is 17.6 Å². The monoisotopic (exact) mass is 331 g/mol. The van der Waals surface area contributed by atoms with Crippen LogP contribution >= 0.6 is 0 Å². The minimum absolute atomic E-state index is 0.0627. The number of hydrogen-bond acceptors (Lipinski definition) is 2. The van der Waals surface area contributed by atoms with E-state index in [0.717, 1.165) is 22.4 Å². The lowest BCUT2D eigenvalue weighted by molar-refractivity contribution is -0.116. The van der Waals surface area contributed by atoms with Gasteiger partial charge in [0.25, 0.3) is 0 Å². The van der Waals surface area contributed by atoms with Crippen LogP contribution < -0.4 is 5.32 Å². The van der Waals surface area contributed by atoms with Gasteiger partial charge >= 0.3 is 0 Å². The molecule has 0 atom stereocenters. The maximum Gasteiger partial charge on any atom is 0.236 e. The van der Waals surface area contributed by atoms with Crippen LogP contribution in [0.4, 0.5) is 5.69 Å². The predicted molar refractivity (Wildman–Crippen MR) is 101 cm³/mol. The van der Waals surface area contributed by atoms with Crippen LogP contribution in [0, 0.1) is 0 Å². The van der Waals surface area contributed by atoms with Gasteiger partial charge in [0, 0.05) is 12.3 Å². The van der Waals surface area contributed by atoms with E-state index >= 15 is 0 Å². The zero-order valence-corrected chi connectivity index (χ0v) is 13.9. The van der Waals surface area contributed by atoms with Gasteiger partial charge in [0.2, 0.25) is 5.91 Å². The summed E-state index contributed by atoms with van der Waals surface area (Å²) in [7, 11) is 0. The van der Waals surface area contributed by atoms with Gasteiger partial charge in [-0.3, -0.25) is 4.79 Å². The van der Waals surface area contributed by atoms with Crippen LogP contribution in [0.2, 0.25) is 0 Å². The van der Waals surface area contributed by atoms with E-state index < -0.39 is 0 Å². The Morgan fingerprint density at radius 2 is 1.32 bits per heavy atom. The number of anilines is 1. The Bertz CT molecular complexity index is 759. The molecule has 2 N–H and O–H groups in total. The van der Waals surface area contributed by atoms with E-state index in [2.05, 4.69) is 5.32 Å². The Balaban J connectivity index is 1.84. The molecule has 0 spiro atoms. The molecule has 0 fully saturated rings. The van der Waals surface area contributed by atoms with Crippen molar-refractivity contribution in [3.8, 4) is 0 Å². The Hall–Kier alpha value is -2.91. The first-order chi connectivity index (χ1) is 12.3. The van der Waals surface area contributed by atoms with Gasteiger partial charge in [-0.25, -0.2) is 0 Å². The molecule has 1 amide bonds. The van der Waals surface area contributed by atoms with Crippen molar-refractivity contribution < 1.29 is 9.90 Å². The number of aliphatic hydroxyl groups excluding tert-OH is 1. The first-order valence-corrected chi connectivity index (χ1v) is 8.38. The van der Waals surface area contributed by atoms with E-state index in [0.29, 0.717) is 6.42 Å². The minimum Gasteiger partial charge on any atom is -0.396 e. The summed E-state index contributed by atoms with van der Waals surface area (Å²) in [4.78, 5) is 13.0. The van der Waals surface area contributed by atoms with E-state index in [9.17, 15) is 4.79 Å². The fourth-order valence-electron chi connectivity index (χ4n) is 2.88. The number of rotatable bonds is 6. The normalized spacial score (nSPS) is 10.6. The lowest BCUT2D eigenvalue weighted by Gasteiger charge is -2.18. The molecular formula is C22H21NO2. The summed E-state index contributed by atoms with van der Waals surface area (Å²) in [6.45, 7) is 0.121. The molecule has 126 valence electrons. The summed E-state index contributed by atoms with van der Waals surface area (Å²) in [5, 5.41) is 12.0. The summed E-state index contributed by atoms with van der Waals surface area (Å²) in [5.41, 5.74) is 3.72. The molecule has 0 radical (unpaired) electrons. The van der Waals surface area contributed by atoms with Crippen LogP contribution in [0.15, 0.2) is 84.9 Å². The third kappa shape index (κ3) is 4.34. The molecule has 3 nitrogen and oxygen atoms in total. The van der Waals surface area contributed by atoms with Crippen molar-refractivity contribution in [3.63, 3.8) is 0 Å². The summed E-state index contributed by atoms with van der Waals surface area (Å²) in [6, 6.07) is 27.2. The molecular weight excluding hydrogens is 310 g/mol. The van der Waals surface area contributed by atoms with Gasteiger partial charge in [-0.2, -0.15) is 0 Å². The van der Waals surface area contributed by atoms with E-state index in [-0.39, 0.29) is 18.4 Å². The lowest BCUT2D eigenvalue weighted by atomic mass is 9.90. The zero-order valence-electron chi connectivity index (χ0n) is 13.9. The molecule has 3 rings (SSSR count). The highest BCUT2D eigenvalue weighted by Crippen LogP contribution is 2.26. The number of nitrogens with one attached hydrogen (secondary N) is 1. The molecule has 3 aromatic carbocycles. The van der Waals surface area contributed by atoms with E-state index in [1.54, 1.807) is 0 Å². The Kier molecular flexibility index (Phi) is 5.60. The molecule has 0 aliphatic rings.